The molecule has 3 heteroatoms. The van der Waals surface area contributed by atoms with E-state index in [2.05, 4.69) is 33.8 Å². The first-order chi connectivity index (χ1) is 8.34. The summed E-state index contributed by atoms with van der Waals surface area (Å²) < 4.78 is 12.2. The van der Waals surface area contributed by atoms with Crippen molar-refractivity contribution in [2.45, 2.75) is 77.4 Å². The van der Waals surface area contributed by atoms with Gasteiger partial charge in [0.05, 0.1) is 11.2 Å². The van der Waals surface area contributed by atoms with Gasteiger partial charge in [0.2, 0.25) is 0 Å². The van der Waals surface area contributed by atoms with Crippen LogP contribution < -0.4 is 0 Å². The van der Waals surface area contributed by atoms with E-state index in [1.54, 1.807) is 0 Å². The normalized spacial score (nSPS) is 32.2. The lowest BCUT2D eigenvalue weighted by Gasteiger charge is -2.43. The molecular weight excluding hydrogens is 223 g/mol. The number of hydrogen-bond donors (Lipinski definition) is 0. The molecular formula is C15H25BO2. The van der Waals surface area contributed by atoms with Crippen LogP contribution in [0, 0.1) is 5.41 Å². The minimum atomic E-state index is -0.201. The molecule has 3 aliphatic rings. The Bertz CT molecular complexity index is 362. The third-order valence-electron chi connectivity index (χ3n) is 5.45. The second-order valence-electron chi connectivity index (χ2n) is 7.41. The molecule has 0 radical (unpaired) electrons. The van der Waals surface area contributed by atoms with Crippen molar-refractivity contribution in [1.29, 1.82) is 0 Å². The largest absolute Gasteiger partial charge is 0.490 e. The Balaban J connectivity index is 1.71. The van der Waals surface area contributed by atoms with Crippen molar-refractivity contribution in [3.05, 3.63) is 11.5 Å². The van der Waals surface area contributed by atoms with Crippen molar-refractivity contribution < 1.29 is 9.31 Å². The highest BCUT2D eigenvalue weighted by Crippen LogP contribution is 2.52. The molecule has 1 heterocycles. The van der Waals surface area contributed by atoms with Crippen LogP contribution in [0.2, 0.25) is 0 Å². The second-order valence-corrected chi connectivity index (χ2v) is 7.41. The second kappa shape index (κ2) is 3.86. The quantitative estimate of drug-likeness (QED) is 0.655. The molecule has 0 N–H and O–H groups in total. The number of rotatable bonds is 1. The van der Waals surface area contributed by atoms with Gasteiger partial charge in [-0.25, -0.2) is 0 Å². The van der Waals surface area contributed by atoms with Gasteiger partial charge in [-0.1, -0.05) is 25.3 Å². The molecule has 2 aliphatic carbocycles. The molecule has 3 rings (SSSR count). The lowest BCUT2D eigenvalue weighted by molar-refractivity contribution is 0.00578. The zero-order chi connectivity index (χ0) is 13.0. The molecule has 0 bridgehead atoms. The van der Waals surface area contributed by atoms with E-state index in [1.807, 2.05) is 0 Å². The molecule has 1 aliphatic heterocycles. The van der Waals surface area contributed by atoms with Crippen LogP contribution in [0.3, 0.4) is 0 Å². The van der Waals surface area contributed by atoms with Crippen molar-refractivity contribution in [3.63, 3.8) is 0 Å². The fourth-order valence-corrected chi connectivity index (χ4v) is 3.49. The predicted molar refractivity (Wildman–Crippen MR) is 74.3 cm³/mol. The van der Waals surface area contributed by atoms with Crippen molar-refractivity contribution in [2.75, 3.05) is 0 Å². The van der Waals surface area contributed by atoms with Crippen LogP contribution in [0.5, 0.6) is 0 Å². The maximum atomic E-state index is 6.11. The van der Waals surface area contributed by atoms with Gasteiger partial charge in [-0.3, -0.25) is 0 Å². The number of allylic oxidation sites excluding steroid dienone is 2. The monoisotopic (exact) mass is 248 g/mol. The molecule has 2 fully saturated rings. The first kappa shape index (κ1) is 12.7. The van der Waals surface area contributed by atoms with Crippen LogP contribution in [-0.2, 0) is 9.31 Å². The first-order valence-corrected chi connectivity index (χ1v) is 7.41. The van der Waals surface area contributed by atoms with Crippen molar-refractivity contribution in [2.24, 2.45) is 5.41 Å². The third kappa shape index (κ3) is 1.87. The Labute approximate surface area is 111 Å². The van der Waals surface area contributed by atoms with Gasteiger partial charge in [0.15, 0.2) is 0 Å². The fourth-order valence-electron chi connectivity index (χ4n) is 3.49. The zero-order valence-corrected chi connectivity index (χ0v) is 12.2. The lowest BCUT2D eigenvalue weighted by Crippen LogP contribution is -2.41. The van der Waals surface area contributed by atoms with Crippen molar-refractivity contribution in [3.8, 4) is 0 Å². The highest BCUT2D eigenvalue weighted by atomic mass is 16.7. The zero-order valence-electron chi connectivity index (χ0n) is 12.2. The predicted octanol–water partition coefficient (Wildman–Crippen LogP) is 3.90. The molecule has 18 heavy (non-hydrogen) atoms. The van der Waals surface area contributed by atoms with Crippen LogP contribution in [0.25, 0.3) is 0 Å². The van der Waals surface area contributed by atoms with Gasteiger partial charge in [-0.05, 0) is 57.8 Å². The molecule has 1 saturated heterocycles. The van der Waals surface area contributed by atoms with Gasteiger partial charge in [0.1, 0.15) is 0 Å². The van der Waals surface area contributed by atoms with Crippen LogP contribution >= 0.6 is 0 Å². The summed E-state index contributed by atoms with van der Waals surface area (Å²) in [5.41, 5.74) is 1.49. The van der Waals surface area contributed by atoms with Crippen LogP contribution in [0.4, 0.5) is 0 Å². The summed E-state index contributed by atoms with van der Waals surface area (Å²) in [5.74, 6) is 0. The Kier molecular flexibility index (Phi) is 2.73. The Morgan fingerprint density at radius 3 is 1.94 bits per heavy atom. The van der Waals surface area contributed by atoms with Crippen molar-refractivity contribution >= 4 is 7.12 Å². The maximum Gasteiger partial charge on any atom is 0.490 e. The van der Waals surface area contributed by atoms with Gasteiger partial charge in [-0.2, -0.15) is 0 Å². The summed E-state index contributed by atoms with van der Waals surface area (Å²) >= 11 is 0. The van der Waals surface area contributed by atoms with Gasteiger partial charge in [0, 0.05) is 0 Å². The maximum absolute atomic E-state index is 6.11. The fraction of sp³-hybridized carbons (Fsp3) is 0.867. The highest BCUT2D eigenvalue weighted by molar-refractivity contribution is 6.55. The number of hydrogen-bond acceptors (Lipinski definition) is 2. The minimum absolute atomic E-state index is 0.0949. The topological polar surface area (TPSA) is 18.5 Å². The van der Waals surface area contributed by atoms with Gasteiger partial charge in [0.25, 0.3) is 0 Å². The Hall–Kier alpha value is -0.275. The van der Waals surface area contributed by atoms with E-state index in [0.29, 0.717) is 5.41 Å². The summed E-state index contributed by atoms with van der Waals surface area (Å²) in [4.78, 5) is 0. The summed E-state index contributed by atoms with van der Waals surface area (Å²) in [7, 11) is -0.0949. The highest BCUT2D eigenvalue weighted by Gasteiger charge is 2.55. The van der Waals surface area contributed by atoms with Gasteiger partial charge in [-0.15, -0.1) is 0 Å². The first-order valence-electron chi connectivity index (χ1n) is 7.41. The van der Waals surface area contributed by atoms with E-state index >= 15 is 0 Å². The van der Waals surface area contributed by atoms with E-state index < -0.39 is 0 Å². The summed E-state index contributed by atoms with van der Waals surface area (Å²) in [6.45, 7) is 8.51. The molecule has 1 spiro atoms. The third-order valence-corrected chi connectivity index (χ3v) is 5.45. The molecule has 0 amide bonds. The van der Waals surface area contributed by atoms with Gasteiger partial charge < -0.3 is 9.31 Å². The molecule has 0 aromatic carbocycles. The molecule has 1 saturated carbocycles. The van der Waals surface area contributed by atoms with E-state index in [9.17, 15) is 0 Å². The molecule has 0 aromatic rings. The molecule has 2 nitrogen and oxygen atoms in total. The van der Waals surface area contributed by atoms with Gasteiger partial charge >= 0.3 is 7.12 Å². The van der Waals surface area contributed by atoms with Crippen LogP contribution in [0.1, 0.15) is 66.2 Å². The molecule has 0 aromatic heterocycles. The van der Waals surface area contributed by atoms with E-state index in [0.717, 1.165) is 0 Å². The SMILES string of the molecule is CC1(C)OB(C2=CC3(CCCCC3)C2)OC1(C)C. The smallest absolute Gasteiger partial charge is 0.400 e. The summed E-state index contributed by atoms with van der Waals surface area (Å²) in [6.07, 6.45) is 10.6. The molecule has 0 unspecified atom stereocenters. The average Bonchev–Trinajstić information content (AvgIpc) is 2.45. The Morgan fingerprint density at radius 2 is 1.44 bits per heavy atom. The van der Waals surface area contributed by atoms with E-state index in [4.69, 9.17) is 9.31 Å². The lowest BCUT2D eigenvalue weighted by atomic mass is 9.54. The standard InChI is InChI=1S/C15H25BO2/c1-13(2)14(3,4)18-16(17-13)12-10-15(11-12)8-6-5-7-9-15/h10H,5-9,11H2,1-4H3. The van der Waals surface area contributed by atoms with Crippen LogP contribution in [-0.4, -0.2) is 18.3 Å². The van der Waals surface area contributed by atoms with E-state index in [1.165, 1.54) is 44.0 Å². The Morgan fingerprint density at radius 1 is 0.944 bits per heavy atom. The summed E-state index contributed by atoms with van der Waals surface area (Å²) in [5, 5.41) is 0. The van der Waals surface area contributed by atoms with Crippen molar-refractivity contribution in [1.82, 2.24) is 0 Å². The average molecular weight is 248 g/mol. The molecule has 100 valence electrons. The minimum Gasteiger partial charge on any atom is -0.400 e. The molecule has 0 atom stereocenters. The van der Waals surface area contributed by atoms with Crippen LogP contribution in [0.15, 0.2) is 11.5 Å². The summed E-state index contributed by atoms with van der Waals surface area (Å²) in [6, 6.07) is 0. The van der Waals surface area contributed by atoms with E-state index in [-0.39, 0.29) is 18.3 Å².